The topological polar surface area (TPSA) is 43.4 Å². The summed E-state index contributed by atoms with van der Waals surface area (Å²) in [6.45, 7) is 3.26. The Morgan fingerprint density at radius 3 is 2.44 bits per heavy atom. The van der Waals surface area contributed by atoms with Gasteiger partial charge in [-0.15, -0.1) is 0 Å². The van der Waals surface area contributed by atoms with Crippen LogP contribution in [0.5, 0.6) is 0 Å². The lowest BCUT2D eigenvalue weighted by atomic mass is 10.2. The molecule has 1 rings (SSSR count). The highest BCUT2D eigenvalue weighted by molar-refractivity contribution is 7.90. The van der Waals surface area contributed by atoms with Gasteiger partial charge in [-0.1, -0.05) is 23.7 Å². The Morgan fingerprint density at radius 1 is 1.38 bits per heavy atom. The average Bonchev–Trinajstić information content (AvgIpc) is 2.21. The summed E-state index contributed by atoms with van der Waals surface area (Å²) < 4.78 is 27.6. The van der Waals surface area contributed by atoms with E-state index >= 15 is 0 Å². The number of halogens is 1. The number of hydrogen-bond donors (Lipinski definition) is 0. The third-order valence-electron chi connectivity index (χ3n) is 1.91. The van der Waals surface area contributed by atoms with Crippen molar-refractivity contribution in [3.05, 3.63) is 39.8 Å². The van der Waals surface area contributed by atoms with Crippen LogP contribution in [0.1, 0.15) is 19.4 Å². The third kappa shape index (κ3) is 3.63. The van der Waals surface area contributed by atoms with Crippen LogP contribution in [-0.4, -0.2) is 15.0 Å². The molecule has 0 aliphatic carbocycles. The lowest BCUT2D eigenvalue weighted by Gasteiger charge is -2.03. The highest BCUT2D eigenvalue weighted by atomic mass is 35.5. The zero-order valence-corrected chi connectivity index (χ0v) is 10.7. The second kappa shape index (κ2) is 5.48. The first-order valence-corrected chi connectivity index (χ1v) is 6.57. The molecule has 0 spiro atoms. The van der Waals surface area contributed by atoms with Gasteiger partial charge in [-0.3, -0.25) is 4.18 Å². The lowest BCUT2D eigenvalue weighted by molar-refractivity contribution is 0.343. The summed E-state index contributed by atoms with van der Waals surface area (Å²) >= 11 is 5.72. The van der Waals surface area contributed by atoms with Crippen molar-refractivity contribution < 1.29 is 12.6 Å². The predicted molar refractivity (Wildman–Crippen MR) is 65.6 cm³/mol. The van der Waals surface area contributed by atoms with E-state index in [2.05, 4.69) is 4.18 Å². The Balaban J connectivity index is 2.97. The minimum atomic E-state index is -3.59. The summed E-state index contributed by atoms with van der Waals surface area (Å²) in [5.41, 5.74) is 0.769. The minimum absolute atomic E-state index is 0.133. The van der Waals surface area contributed by atoms with Crippen LogP contribution in [0.25, 0.3) is 6.08 Å². The largest absolute Gasteiger partial charge is 0.292 e. The highest BCUT2D eigenvalue weighted by Crippen LogP contribution is 2.16. The predicted octanol–water partition coefficient (Wildman–Crippen LogP) is 3.07. The van der Waals surface area contributed by atoms with E-state index in [1.165, 1.54) is 6.92 Å². The molecule has 5 heteroatoms. The van der Waals surface area contributed by atoms with Crippen molar-refractivity contribution in [2.45, 2.75) is 13.8 Å². The van der Waals surface area contributed by atoms with E-state index in [4.69, 9.17) is 11.6 Å². The quantitative estimate of drug-likeness (QED) is 0.782. The summed E-state index contributed by atoms with van der Waals surface area (Å²) in [5, 5.41) is 0.613. The van der Waals surface area contributed by atoms with Crippen molar-refractivity contribution in [1.29, 1.82) is 0 Å². The van der Waals surface area contributed by atoms with Gasteiger partial charge in [0, 0.05) is 5.02 Å². The highest BCUT2D eigenvalue weighted by Gasteiger charge is 2.12. The van der Waals surface area contributed by atoms with E-state index in [0.717, 1.165) is 5.56 Å². The Morgan fingerprint density at radius 2 is 1.94 bits per heavy atom. The molecule has 0 amide bonds. The normalized spacial score (nSPS) is 12.8. The van der Waals surface area contributed by atoms with E-state index in [0.29, 0.717) is 5.02 Å². The van der Waals surface area contributed by atoms with Crippen molar-refractivity contribution in [1.82, 2.24) is 0 Å². The number of allylic oxidation sites excluding steroid dienone is 1. The maximum absolute atomic E-state index is 11.5. The van der Waals surface area contributed by atoms with E-state index in [9.17, 15) is 8.42 Å². The van der Waals surface area contributed by atoms with Crippen molar-refractivity contribution in [3.8, 4) is 0 Å². The van der Waals surface area contributed by atoms with E-state index in [1.54, 1.807) is 37.3 Å². The molecular formula is C11H13ClO3S. The first-order chi connectivity index (χ1) is 7.45. The Kier molecular flexibility index (Phi) is 4.53. The van der Waals surface area contributed by atoms with Gasteiger partial charge in [0.05, 0.1) is 11.5 Å². The second-order valence-electron chi connectivity index (χ2n) is 3.17. The van der Waals surface area contributed by atoms with Crippen molar-refractivity contribution in [3.63, 3.8) is 0 Å². The summed E-state index contributed by atoms with van der Waals surface area (Å²) in [5.74, 6) is 0. The van der Waals surface area contributed by atoms with Crippen LogP contribution in [0.15, 0.2) is 29.2 Å². The van der Waals surface area contributed by atoms with Crippen LogP contribution in [0, 0.1) is 0 Å². The molecule has 0 N–H and O–H groups in total. The molecule has 88 valence electrons. The molecule has 0 saturated carbocycles. The average molecular weight is 261 g/mol. The van der Waals surface area contributed by atoms with Gasteiger partial charge in [0.15, 0.2) is 0 Å². The molecule has 0 radical (unpaired) electrons. The van der Waals surface area contributed by atoms with Crippen molar-refractivity contribution in [2.24, 2.45) is 0 Å². The molecule has 0 bridgehead atoms. The molecule has 0 fully saturated rings. The van der Waals surface area contributed by atoms with Crippen LogP contribution >= 0.6 is 11.6 Å². The molecule has 0 saturated heterocycles. The zero-order chi connectivity index (χ0) is 12.2. The third-order valence-corrected chi connectivity index (χ3v) is 3.61. The van der Waals surface area contributed by atoms with Gasteiger partial charge in [0.25, 0.3) is 10.1 Å². The smallest absolute Gasteiger partial charge is 0.267 e. The van der Waals surface area contributed by atoms with Gasteiger partial charge >= 0.3 is 0 Å². The fourth-order valence-corrected chi connectivity index (χ4v) is 2.02. The number of rotatable bonds is 4. The van der Waals surface area contributed by atoms with Gasteiger partial charge in [0.2, 0.25) is 0 Å². The molecule has 0 unspecified atom stereocenters. The molecule has 3 nitrogen and oxygen atoms in total. The fraction of sp³-hybridized carbons (Fsp3) is 0.273. The van der Waals surface area contributed by atoms with Gasteiger partial charge in [-0.05, 0) is 37.6 Å². The Bertz CT molecular complexity index is 474. The molecule has 0 atom stereocenters. The van der Waals surface area contributed by atoms with Gasteiger partial charge in [-0.2, -0.15) is 8.42 Å². The van der Waals surface area contributed by atoms with Crippen LogP contribution in [0.4, 0.5) is 0 Å². The van der Waals surface area contributed by atoms with Gasteiger partial charge in [0.1, 0.15) is 0 Å². The fourth-order valence-electron chi connectivity index (χ4n) is 1.11. The van der Waals surface area contributed by atoms with E-state index in [-0.39, 0.29) is 11.5 Å². The van der Waals surface area contributed by atoms with Crippen molar-refractivity contribution >= 4 is 27.8 Å². The first-order valence-electron chi connectivity index (χ1n) is 4.79. The van der Waals surface area contributed by atoms with Crippen molar-refractivity contribution in [2.75, 3.05) is 6.61 Å². The van der Waals surface area contributed by atoms with Gasteiger partial charge in [-0.25, -0.2) is 0 Å². The zero-order valence-electron chi connectivity index (χ0n) is 9.10. The standard InChI is InChI=1S/C11H13ClO3S/c1-3-15-16(13,14)9(2)8-10-4-6-11(12)7-5-10/h4-8H,3H2,1-2H3. The van der Waals surface area contributed by atoms with Crippen LogP contribution < -0.4 is 0 Å². The maximum Gasteiger partial charge on any atom is 0.292 e. The van der Waals surface area contributed by atoms with Gasteiger partial charge < -0.3 is 0 Å². The number of hydrogen-bond acceptors (Lipinski definition) is 3. The summed E-state index contributed by atoms with van der Waals surface area (Å²) in [6.07, 6.45) is 1.54. The molecule has 0 aliphatic heterocycles. The Labute approximate surface area is 101 Å². The lowest BCUT2D eigenvalue weighted by Crippen LogP contribution is -2.06. The molecular weight excluding hydrogens is 248 g/mol. The van der Waals surface area contributed by atoms with Crippen LogP contribution in [-0.2, 0) is 14.3 Å². The molecule has 0 aromatic heterocycles. The minimum Gasteiger partial charge on any atom is -0.267 e. The van der Waals surface area contributed by atoms with E-state index < -0.39 is 10.1 Å². The van der Waals surface area contributed by atoms with Crippen LogP contribution in [0.2, 0.25) is 5.02 Å². The first kappa shape index (κ1) is 13.2. The molecule has 0 heterocycles. The monoisotopic (exact) mass is 260 g/mol. The SMILES string of the molecule is CCOS(=O)(=O)C(C)=Cc1ccc(Cl)cc1. The number of benzene rings is 1. The summed E-state index contributed by atoms with van der Waals surface area (Å²) in [4.78, 5) is 0.177. The van der Waals surface area contributed by atoms with E-state index in [1.807, 2.05) is 0 Å². The summed E-state index contributed by atoms with van der Waals surface area (Å²) in [7, 11) is -3.59. The Hall–Kier alpha value is -0.840. The molecule has 0 aliphatic rings. The van der Waals surface area contributed by atoms with Crippen LogP contribution in [0.3, 0.4) is 0 Å². The second-order valence-corrected chi connectivity index (χ2v) is 5.39. The molecule has 16 heavy (non-hydrogen) atoms. The maximum atomic E-state index is 11.5. The molecule has 1 aromatic rings. The molecule has 1 aromatic carbocycles. The summed E-state index contributed by atoms with van der Waals surface area (Å²) in [6, 6.07) is 6.89.